The molecule has 2 rings (SSSR count). The van der Waals surface area contributed by atoms with Crippen molar-refractivity contribution in [2.45, 2.75) is 37.6 Å². The van der Waals surface area contributed by atoms with E-state index in [9.17, 15) is 0 Å². The summed E-state index contributed by atoms with van der Waals surface area (Å²) in [6.45, 7) is 5.13. The molecule has 1 N–H and O–H groups in total. The fourth-order valence-electron chi connectivity index (χ4n) is 1.88. The Labute approximate surface area is 112 Å². The van der Waals surface area contributed by atoms with Crippen LogP contribution in [0.25, 0.3) is 0 Å². The van der Waals surface area contributed by atoms with Gasteiger partial charge >= 0.3 is 0 Å². The van der Waals surface area contributed by atoms with E-state index in [-0.39, 0.29) is 6.61 Å². The zero-order valence-electron chi connectivity index (χ0n) is 10.8. The Bertz CT molecular complexity index is 522. The van der Waals surface area contributed by atoms with Crippen LogP contribution in [0, 0.1) is 6.92 Å². The fraction of sp³-hybridized carbons (Fsp3) is 0.357. The van der Waals surface area contributed by atoms with E-state index < -0.39 is 0 Å². The molecule has 1 heterocycles. The Balaban J connectivity index is 2.06. The number of hydrogen-bond acceptors (Lipinski definition) is 3. The first-order chi connectivity index (χ1) is 8.72. The molecule has 0 saturated heterocycles. The Morgan fingerprint density at radius 3 is 2.89 bits per heavy atom. The number of benzene rings is 1. The predicted octanol–water partition coefficient (Wildman–Crippen LogP) is 3.00. The van der Waals surface area contributed by atoms with Crippen molar-refractivity contribution >= 4 is 11.8 Å². The van der Waals surface area contributed by atoms with Crippen molar-refractivity contribution < 1.29 is 5.11 Å². The highest BCUT2D eigenvalue weighted by Crippen LogP contribution is 2.24. The van der Waals surface area contributed by atoms with Crippen LogP contribution < -0.4 is 0 Å². The number of hydrogen-bond donors (Lipinski definition) is 1. The van der Waals surface area contributed by atoms with E-state index in [2.05, 4.69) is 24.2 Å². The van der Waals surface area contributed by atoms with Crippen LogP contribution in [0.4, 0.5) is 0 Å². The molecular formula is C14H18N2OS. The second-order valence-corrected chi connectivity index (χ2v) is 5.24. The smallest absolute Gasteiger partial charge is 0.0682 e. The molecule has 3 nitrogen and oxygen atoms in total. The summed E-state index contributed by atoms with van der Waals surface area (Å²) in [5, 5.41) is 13.5. The largest absolute Gasteiger partial charge is 0.392 e. The molecule has 0 radical (unpaired) electrons. The van der Waals surface area contributed by atoms with Crippen molar-refractivity contribution in [2.75, 3.05) is 0 Å². The topological polar surface area (TPSA) is 38.0 Å². The van der Waals surface area contributed by atoms with Crippen molar-refractivity contribution in [1.82, 2.24) is 9.78 Å². The zero-order chi connectivity index (χ0) is 13.0. The first kappa shape index (κ1) is 13.2. The van der Waals surface area contributed by atoms with E-state index in [0.29, 0.717) is 0 Å². The lowest BCUT2D eigenvalue weighted by Crippen LogP contribution is -2.01. The number of aliphatic hydroxyl groups is 1. The summed E-state index contributed by atoms with van der Waals surface area (Å²) in [7, 11) is 0. The summed E-state index contributed by atoms with van der Waals surface area (Å²) in [5.74, 6) is 0.906. The van der Waals surface area contributed by atoms with Crippen LogP contribution in [0.2, 0.25) is 0 Å². The highest BCUT2D eigenvalue weighted by Gasteiger charge is 2.05. The SMILES string of the molecule is CCn1nc(C)cc1CSc1cccc(CO)c1. The second-order valence-electron chi connectivity index (χ2n) is 4.19. The highest BCUT2D eigenvalue weighted by atomic mass is 32.2. The van der Waals surface area contributed by atoms with Crippen LogP contribution in [-0.4, -0.2) is 14.9 Å². The minimum absolute atomic E-state index is 0.0976. The van der Waals surface area contributed by atoms with Gasteiger partial charge in [-0.05, 0) is 37.6 Å². The normalized spacial score (nSPS) is 10.8. The maximum Gasteiger partial charge on any atom is 0.0682 e. The first-order valence-corrected chi connectivity index (χ1v) is 7.07. The Hall–Kier alpha value is -1.26. The molecule has 0 aliphatic heterocycles. The molecule has 0 spiro atoms. The van der Waals surface area contributed by atoms with E-state index in [1.165, 1.54) is 10.6 Å². The van der Waals surface area contributed by atoms with Crippen LogP contribution in [-0.2, 0) is 18.9 Å². The lowest BCUT2D eigenvalue weighted by atomic mass is 10.2. The van der Waals surface area contributed by atoms with Gasteiger partial charge in [0.05, 0.1) is 12.3 Å². The molecule has 0 fully saturated rings. The summed E-state index contributed by atoms with van der Waals surface area (Å²) in [4.78, 5) is 1.18. The highest BCUT2D eigenvalue weighted by molar-refractivity contribution is 7.98. The lowest BCUT2D eigenvalue weighted by Gasteiger charge is -2.05. The van der Waals surface area contributed by atoms with E-state index in [1.54, 1.807) is 11.8 Å². The van der Waals surface area contributed by atoms with Gasteiger partial charge < -0.3 is 5.11 Å². The molecular weight excluding hydrogens is 244 g/mol. The maximum atomic E-state index is 9.11. The first-order valence-electron chi connectivity index (χ1n) is 6.09. The van der Waals surface area contributed by atoms with Crippen molar-refractivity contribution in [2.24, 2.45) is 0 Å². The van der Waals surface area contributed by atoms with Crippen LogP contribution in [0.15, 0.2) is 35.2 Å². The van der Waals surface area contributed by atoms with Gasteiger partial charge in [-0.15, -0.1) is 11.8 Å². The van der Waals surface area contributed by atoms with Crippen molar-refractivity contribution in [1.29, 1.82) is 0 Å². The third-order valence-electron chi connectivity index (χ3n) is 2.75. The van der Waals surface area contributed by atoms with Gasteiger partial charge in [0.15, 0.2) is 0 Å². The van der Waals surface area contributed by atoms with Gasteiger partial charge in [-0.3, -0.25) is 4.68 Å². The molecule has 1 aromatic carbocycles. The van der Waals surface area contributed by atoms with E-state index in [1.807, 2.05) is 29.8 Å². The van der Waals surface area contributed by atoms with Crippen LogP contribution in [0.3, 0.4) is 0 Å². The fourth-order valence-corrected chi connectivity index (χ4v) is 2.84. The van der Waals surface area contributed by atoms with Gasteiger partial charge in [0.1, 0.15) is 0 Å². The molecule has 0 atom stereocenters. The van der Waals surface area contributed by atoms with Crippen LogP contribution >= 0.6 is 11.8 Å². The minimum Gasteiger partial charge on any atom is -0.392 e. The van der Waals surface area contributed by atoms with Crippen LogP contribution in [0.1, 0.15) is 23.9 Å². The molecule has 0 bridgehead atoms. The zero-order valence-corrected chi connectivity index (χ0v) is 11.6. The molecule has 0 unspecified atom stereocenters. The van der Waals surface area contributed by atoms with Gasteiger partial charge in [-0.1, -0.05) is 12.1 Å². The molecule has 4 heteroatoms. The summed E-state index contributed by atoms with van der Waals surface area (Å²) in [6.07, 6.45) is 0. The van der Waals surface area contributed by atoms with Gasteiger partial charge in [0.2, 0.25) is 0 Å². The number of aliphatic hydroxyl groups excluding tert-OH is 1. The number of aryl methyl sites for hydroxylation is 2. The van der Waals surface area contributed by atoms with E-state index in [0.717, 1.165) is 23.6 Å². The summed E-state index contributed by atoms with van der Waals surface area (Å²) >= 11 is 1.77. The molecule has 18 heavy (non-hydrogen) atoms. The average molecular weight is 262 g/mol. The molecule has 0 amide bonds. The van der Waals surface area contributed by atoms with E-state index >= 15 is 0 Å². The summed E-state index contributed by atoms with van der Waals surface area (Å²) < 4.78 is 2.04. The van der Waals surface area contributed by atoms with Gasteiger partial charge in [0.25, 0.3) is 0 Å². The van der Waals surface area contributed by atoms with Crippen LogP contribution in [0.5, 0.6) is 0 Å². The molecule has 1 aromatic heterocycles. The summed E-state index contributed by atoms with van der Waals surface area (Å²) in [6, 6.07) is 10.2. The quantitative estimate of drug-likeness (QED) is 0.842. The molecule has 2 aromatic rings. The predicted molar refractivity (Wildman–Crippen MR) is 74.6 cm³/mol. The van der Waals surface area contributed by atoms with Gasteiger partial charge in [-0.25, -0.2) is 0 Å². The van der Waals surface area contributed by atoms with Crippen molar-refractivity contribution in [3.8, 4) is 0 Å². The third kappa shape index (κ3) is 3.15. The lowest BCUT2D eigenvalue weighted by molar-refractivity contribution is 0.281. The Morgan fingerprint density at radius 2 is 2.17 bits per heavy atom. The standard InChI is InChI=1S/C14H18N2OS/c1-3-16-13(7-11(2)15-16)10-18-14-6-4-5-12(8-14)9-17/h4-8,17H,3,9-10H2,1-2H3. The second kappa shape index (κ2) is 6.07. The molecule has 0 aliphatic rings. The minimum atomic E-state index is 0.0976. The van der Waals surface area contributed by atoms with Crippen molar-refractivity contribution in [3.63, 3.8) is 0 Å². The van der Waals surface area contributed by atoms with Gasteiger partial charge in [0, 0.05) is 22.9 Å². The summed E-state index contributed by atoms with van der Waals surface area (Å²) in [5.41, 5.74) is 3.27. The maximum absolute atomic E-state index is 9.11. The number of thioether (sulfide) groups is 1. The van der Waals surface area contributed by atoms with E-state index in [4.69, 9.17) is 5.11 Å². The van der Waals surface area contributed by atoms with Crippen molar-refractivity contribution in [3.05, 3.63) is 47.3 Å². The number of rotatable bonds is 5. The van der Waals surface area contributed by atoms with Gasteiger partial charge in [-0.2, -0.15) is 5.10 Å². The Kier molecular flexibility index (Phi) is 4.44. The molecule has 96 valence electrons. The monoisotopic (exact) mass is 262 g/mol. The Morgan fingerprint density at radius 1 is 1.33 bits per heavy atom. The average Bonchev–Trinajstić information content (AvgIpc) is 2.77. The molecule has 0 aliphatic carbocycles. The number of nitrogens with zero attached hydrogens (tertiary/aromatic N) is 2. The molecule has 0 saturated carbocycles. The number of aromatic nitrogens is 2. The third-order valence-corrected chi connectivity index (χ3v) is 3.78.